The van der Waals surface area contributed by atoms with E-state index in [0.717, 1.165) is 5.56 Å². The van der Waals surface area contributed by atoms with Crippen molar-refractivity contribution >= 4 is 17.5 Å². The molecule has 1 N–H and O–H groups in total. The number of methoxy groups -OCH3 is 1. The number of amides is 2. The summed E-state index contributed by atoms with van der Waals surface area (Å²) in [6, 6.07) is 16.4. The van der Waals surface area contributed by atoms with Crippen LogP contribution in [-0.2, 0) is 16.1 Å². The summed E-state index contributed by atoms with van der Waals surface area (Å²) in [5.74, 6) is -0.785. The zero-order valence-electron chi connectivity index (χ0n) is 12.6. The maximum absolute atomic E-state index is 12.1. The summed E-state index contributed by atoms with van der Waals surface area (Å²) in [4.78, 5) is 25.6. The lowest BCUT2D eigenvalue weighted by molar-refractivity contribution is -0.142. The molecular weight excluding hydrogens is 280 g/mol. The number of carbonyl (C=O) groups excluding carboxylic acids is 2. The number of carbonyl (C=O) groups is 2. The molecule has 2 aromatic rings. The second-order valence-electron chi connectivity index (χ2n) is 4.80. The van der Waals surface area contributed by atoms with Crippen LogP contribution in [0, 0.1) is 0 Å². The van der Waals surface area contributed by atoms with Gasteiger partial charge in [-0.15, -0.1) is 0 Å². The van der Waals surface area contributed by atoms with E-state index < -0.39 is 11.8 Å². The molecule has 114 valence electrons. The van der Waals surface area contributed by atoms with Crippen molar-refractivity contribution in [3.05, 3.63) is 60.2 Å². The molecule has 2 aromatic carbocycles. The maximum atomic E-state index is 12.1. The molecule has 0 atom stereocenters. The number of likely N-dealkylation sites (N-methyl/N-ethyl adjacent to an activating group) is 1. The Bertz CT molecular complexity index is 656. The van der Waals surface area contributed by atoms with Gasteiger partial charge in [0.25, 0.3) is 0 Å². The molecule has 0 aliphatic rings. The zero-order valence-corrected chi connectivity index (χ0v) is 12.6. The van der Waals surface area contributed by atoms with Crippen molar-refractivity contribution < 1.29 is 14.3 Å². The molecule has 0 saturated carbocycles. The van der Waals surface area contributed by atoms with E-state index in [0.29, 0.717) is 18.0 Å². The Morgan fingerprint density at radius 3 is 2.36 bits per heavy atom. The van der Waals surface area contributed by atoms with E-state index in [9.17, 15) is 9.59 Å². The number of ether oxygens (including phenoxy) is 1. The van der Waals surface area contributed by atoms with E-state index in [1.807, 2.05) is 30.3 Å². The fourth-order valence-electron chi connectivity index (χ4n) is 2.03. The fourth-order valence-corrected chi connectivity index (χ4v) is 2.03. The third-order valence-electron chi connectivity index (χ3n) is 3.16. The lowest BCUT2D eigenvalue weighted by Crippen LogP contribution is -2.36. The smallest absolute Gasteiger partial charge is 0.314 e. The molecule has 2 amide bonds. The van der Waals surface area contributed by atoms with Crippen LogP contribution >= 0.6 is 0 Å². The Hall–Kier alpha value is -2.82. The van der Waals surface area contributed by atoms with Crippen molar-refractivity contribution in [3.63, 3.8) is 0 Å². The highest BCUT2D eigenvalue weighted by Crippen LogP contribution is 2.22. The lowest BCUT2D eigenvalue weighted by atomic mass is 10.2. The fraction of sp³-hybridized carbons (Fsp3) is 0.176. The Morgan fingerprint density at radius 1 is 1.05 bits per heavy atom. The van der Waals surface area contributed by atoms with Gasteiger partial charge in [0.2, 0.25) is 0 Å². The Morgan fingerprint density at radius 2 is 1.68 bits per heavy atom. The summed E-state index contributed by atoms with van der Waals surface area (Å²) in [5, 5.41) is 2.57. The van der Waals surface area contributed by atoms with Crippen LogP contribution < -0.4 is 10.1 Å². The van der Waals surface area contributed by atoms with Crippen LogP contribution in [0.5, 0.6) is 5.75 Å². The summed E-state index contributed by atoms with van der Waals surface area (Å²) in [7, 11) is 3.10. The minimum atomic E-state index is -0.692. The quantitative estimate of drug-likeness (QED) is 0.881. The second-order valence-corrected chi connectivity index (χ2v) is 4.80. The first-order valence-corrected chi connectivity index (χ1v) is 6.85. The number of hydrogen-bond donors (Lipinski definition) is 1. The van der Waals surface area contributed by atoms with E-state index in [4.69, 9.17) is 4.74 Å². The standard InChI is InChI=1S/C17H18N2O3/c1-19(12-13-8-4-3-5-9-13)17(21)16(20)18-14-10-6-7-11-15(14)22-2/h3-11H,12H2,1-2H3,(H,18,20). The highest BCUT2D eigenvalue weighted by molar-refractivity contribution is 6.39. The second kappa shape index (κ2) is 7.26. The highest BCUT2D eigenvalue weighted by atomic mass is 16.5. The van der Waals surface area contributed by atoms with E-state index in [2.05, 4.69) is 5.32 Å². The monoisotopic (exact) mass is 298 g/mol. The van der Waals surface area contributed by atoms with Crippen molar-refractivity contribution in [1.29, 1.82) is 0 Å². The summed E-state index contributed by atoms with van der Waals surface area (Å²) >= 11 is 0. The van der Waals surface area contributed by atoms with Gasteiger partial charge in [0, 0.05) is 13.6 Å². The average molecular weight is 298 g/mol. The minimum absolute atomic E-state index is 0.374. The highest BCUT2D eigenvalue weighted by Gasteiger charge is 2.20. The molecule has 0 unspecified atom stereocenters. The first-order valence-electron chi connectivity index (χ1n) is 6.85. The lowest BCUT2D eigenvalue weighted by Gasteiger charge is -2.17. The van der Waals surface area contributed by atoms with Gasteiger partial charge in [-0.1, -0.05) is 42.5 Å². The van der Waals surface area contributed by atoms with Gasteiger partial charge in [0.1, 0.15) is 5.75 Å². The molecule has 0 spiro atoms. The van der Waals surface area contributed by atoms with E-state index in [1.54, 1.807) is 31.3 Å². The number of nitrogens with zero attached hydrogens (tertiary/aromatic N) is 1. The van der Waals surface area contributed by atoms with Gasteiger partial charge in [-0.05, 0) is 17.7 Å². The molecule has 0 aliphatic heterocycles. The molecule has 0 heterocycles. The number of hydrogen-bond acceptors (Lipinski definition) is 3. The molecule has 0 aliphatic carbocycles. The van der Waals surface area contributed by atoms with Gasteiger partial charge in [-0.3, -0.25) is 9.59 Å². The van der Waals surface area contributed by atoms with E-state index in [1.165, 1.54) is 12.0 Å². The molecule has 2 rings (SSSR count). The summed E-state index contributed by atoms with van der Waals surface area (Å²) in [6.45, 7) is 0.374. The first-order chi connectivity index (χ1) is 10.6. The Kier molecular flexibility index (Phi) is 5.14. The summed E-state index contributed by atoms with van der Waals surface area (Å²) in [6.07, 6.45) is 0. The van der Waals surface area contributed by atoms with Crippen molar-refractivity contribution in [3.8, 4) is 5.75 Å². The molecule has 0 bridgehead atoms. The Labute approximate surface area is 129 Å². The van der Waals surface area contributed by atoms with Crippen LogP contribution in [0.15, 0.2) is 54.6 Å². The van der Waals surface area contributed by atoms with Crippen LogP contribution in [0.4, 0.5) is 5.69 Å². The number of para-hydroxylation sites is 2. The molecule has 22 heavy (non-hydrogen) atoms. The average Bonchev–Trinajstić information content (AvgIpc) is 2.55. The van der Waals surface area contributed by atoms with E-state index in [-0.39, 0.29) is 0 Å². The van der Waals surface area contributed by atoms with Crippen molar-refractivity contribution in [2.24, 2.45) is 0 Å². The van der Waals surface area contributed by atoms with Crippen LogP contribution in [0.2, 0.25) is 0 Å². The number of anilines is 1. The van der Waals surface area contributed by atoms with Gasteiger partial charge in [0.15, 0.2) is 0 Å². The molecule has 0 radical (unpaired) electrons. The zero-order chi connectivity index (χ0) is 15.9. The number of rotatable bonds is 4. The first kappa shape index (κ1) is 15.6. The van der Waals surface area contributed by atoms with Crippen LogP contribution in [-0.4, -0.2) is 30.9 Å². The number of benzene rings is 2. The molecular formula is C17H18N2O3. The van der Waals surface area contributed by atoms with Crippen molar-refractivity contribution in [1.82, 2.24) is 4.90 Å². The summed E-state index contributed by atoms with van der Waals surface area (Å²) < 4.78 is 5.14. The van der Waals surface area contributed by atoms with Gasteiger partial charge in [-0.2, -0.15) is 0 Å². The van der Waals surface area contributed by atoms with Crippen molar-refractivity contribution in [2.45, 2.75) is 6.54 Å². The van der Waals surface area contributed by atoms with E-state index >= 15 is 0 Å². The number of nitrogens with one attached hydrogen (secondary N) is 1. The van der Waals surface area contributed by atoms with Crippen LogP contribution in [0.3, 0.4) is 0 Å². The van der Waals surface area contributed by atoms with Gasteiger partial charge >= 0.3 is 11.8 Å². The van der Waals surface area contributed by atoms with Crippen LogP contribution in [0.25, 0.3) is 0 Å². The molecule has 5 nitrogen and oxygen atoms in total. The third-order valence-corrected chi connectivity index (χ3v) is 3.16. The third kappa shape index (κ3) is 3.85. The minimum Gasteiger partial charge on any atom is -0.495 e. The van der Waals surface area contributed by atoms with Crippen LogP contribution in [0.1, 0.15) is 5.56 Å². The molecule has 0 aromatic heterocycles. The molecule has 5 heteroatoms. The largest absolute Gasteiger partial charge is 0.495 e. The molecule has 0 fully saturated rings. The van der Waals surface area contributed by atoms with Crippen molar-refractivity contribution in [2.75, 3.05) is 19.5 Å². The van der Waals surface area contributed by atoms with Gasteiger partial charge in [0.05, 0.1) is 12.8 Å². The normalized spacial score (nSPS) is 9.91. The molecule has 0 saturated heterocycles. The summed E-state index contributed by atoms with van der Waals surface area (Å²) in [5.41, 5.74) is 1.43. The topological polar surface area (TPSA) is 58.6 Å². The maximum Gasteiger partial charge on any atom is 0.314 e. The van der Waals surface area contributed by atoms with Gasteiger partial charge in [-0.25, -0.2) is 0 Å². The van der Waals surface area contributed by atoms with Gasteiger partial charge < -0.3 is 15.0 Å². The predicted octanol–water partition coefficient (Wildman–Crippen LogP) is 2.29. The Balaban J connectivity index is 2.01. The SMILES string of the molecule is COc1ccccc1NC(=O)C(=O)N(C)Cc1ccccc1. The predicted molar refractivity (Wildman–Crippen MR) is 84.5 cm³/mol.